The summed E-state index contributed by atoms with van der Waals surface area (Å²) in [7, 11) is -2.23. The molecule has 3 aromatic carbocycles. The van der Waals surface area contributed by atoms with Crippen molar-refractivity contribution in [3.63, 3.8) is 0 Å². The van der Waals surface area contributed by atoms with Crippen molar-refractivity contribution in [1.82, 2.24) is 9.97 Å². The van der Waals surface area contributed by atoms with Gasteiger partial charge < -0.3 is 10.1 Å². The lowest BCUT2D eigenvalue weighted by molar-refractivity contribution is 0.410. The van der Waals surface area contributed by atoms with Crippen LogP contribution in [0.1, 0.15) is 11.1 Å². The monoisotopic (exact) mass is 434 g/mol. The number of hydrogen-bond donors (Lipinski definition) is 2. The molecule has 0 saturated carbocycles. The van der Waals surface area contributed by atoms with Crippen LogP contribution in [0.25, 0.3) is 11.0 Å². The molecule has 7 nitrogen and oxygen atoms in total. The Morgan fingerprint density at radius 1 is 0.839 bits per heavy atom. The van der Waals surface area contributed by atoms with E-state index >= 15 is 0 Å². The van der Waals surface area contributed by atoms with Gasteiger partial charge in [-0.05, 0) is 37.3 Å². The van der Waals surface area contributed by atoms with Gasteiger partial charge in [-0.3, -0.25) is 4.72 Å². The molecule has 1 heterocycles. The van der Waals surface area contributed by atoms with Crippen molar-refractivity contribution < 1.29 is 13.2 Å². The molecular formula is C23H22N4O3S. The predicted molar refractivity (Wildman–Crippen MR) is 122 cm³/mol. The highest BCUT2D eigenvalue weighted by Gasteiger charge is 2.19. The second-order valence-electron chi connectivity index (χ2n) is 6.99. The molecule has 0 aliphatic heterocycles. The van der Waals surface area contributed by atoms with E-state index in [9.17, 15) is 8.42 Å². The van der Waals surface area contributed by atoms with E-state index in [2.05, 4.69) is 20.0 Å². The SMILES string of the molecule is COc1ccccc1CNc1nc2ccccc2nc1NS(=O)(=O)c1ccc(C)cc1. The zero-order chi connectivity index (χ0) is 21.8. The number of aromatic nitrogens is 2. The van der Waals surface area contributed by atoms with Gasteiger partial charge in [-0.2, -0.15) is 0 Å². The lowest BCUT2D eigenvalue weighted by Crippen LogP contribution is -2.16. The van der Waals surface area contributed by atoms with Crippen LogP contribution in [0, 0.1) is 6.92 Å². The minimum Gasteiger partial charge on any atom is -0.496 e. The van der Waals surface area contributed by atoms with Crippen molar-refractivity contribution in [2.45, 2.75) is 18.4 Å². The maximum Gasteiger partial charge on any atom is 0.263 e. The Hall–Kier alpha value is -3.65. The van der Waals surface area contributed by atoms with Gasteiger partial charge in [0.2, 0.25) is 0 Å². The number of benzene rings is 3. The van der Waals surface area contributed by atoms with E-state index in [0.717, 1.165) is 16.9 Å². The third kappa shape index (κ3) is 4.59. The van der Waals surface area contributed by atoms with E-state index in [1.54, 1.807) is 37.4 Å². The number of rotatable bonds is 7. The second-order valence-corrected chi connectivity index (χ2v) is 8.68. The third-order valence-corrected chi connectivity index (χ3v) is 6.13. The molecule has 31 heavy (non-hydrogen) atoms. The van der Waals surface area contributed by atoms with Gasteiger partial charge in [0, 0.05) is 12.1 Å². The topological polar surface area (TPSA) is 93.2 Å². The maximum absolute atomic E-state index is 12.9. The smallest absolute Gasteiger partial charge is 0.263 e. The molecule has 4 aromatic rings. The zero-order valence-electron chi connectivity index (χ0n) is 17.2. The summed E-state index contributed by atoms with van der Waals surface area (Å²) in [5.41, 5.74) is 3.13. The number of nitrogens with one attached hydrogen (secondary N) is 2. The van der Waals surface area contributed by atoms with Crippen molar-refractivity contribution in [2.75, 3.05) is 17.1 Å². The molecule has 0 amide bonds. The fourth-order valence-corrected chi connectivity index (χ4v) is 4.14. The molecule has 0 aliphatic rings. The molecule has 2 N–H and O–H groups in total. The molecule has 0 saturated heterocycles. The van der Waals surface area contributed by atoms with E-state index in [-0.39, 0.29) is 10.7 Å². The molecule has 158 valence electrons. The van der Waals surface area contributed by atoms with Gasteiger partial charge in [0.15, 0.2) is 11.6 Å². The van der Waals surface area contributed by atoms with E-state index in [4.69, 9.17) is 4.74 Å². The van der Waals surface area contributed by atoms with E-state index < -0.39 is 10.0 Å². The Morgan fingerprint density at radius 2 is 1.45 bits per heavy atom. The molecule has 0 unspecified atom stereocenters. The minimum absolute atomic E-state index is 0.133. The van der Waals surface area contributed by atoms with Gasteiger partial charge >= 0.3 is 0 Å². The Labute approximate surface area is 181 Å². The Morgan fingerprint density at radius 3 is 2.13 bits per heavy atom. The van der Waals surface area contributed by atoms with Crippen molar-refractivity contribution in [1.29, 1.82) is 0 Å². The number of nitrogens with zero attached hydrogens (tertiary/aromatic N) is 2. The highest BCUT2D eigenvalue weighted by Crippen LogP contribution is 2.26. The molecule has 0 fully saturated rings. The number of sulfonamides is 1. The Kier molecular flexibility index (Phi) is 5.73. The lowest BCUT2D eigenvalue weighted by atomic mass is 10.2. The van der Waals surface area contributed by atoms with Gasteiger partial charge in [-0.15, -0.1) is 0 Å². The van der Waals surface area contributed by atoms with Crippen LogP contribution in [0.3, 0.4) is 0 Å². The fraction of sp³-hybridized carbons (Fsp3) is 0.130. The summed E-state index contributed by atoms with van der Waals surface area (Å²) >= 11 is 0. The van der Waals surface area contributed by atoms with E-state index in [1.807, 2.05) is 49.4 Å². The normalized spacial score (nSPS) is 11.3. The van der Waals surface area contributed by atoms with Crippen LogP contribution in [0.5, 0.6) is 5.75 Å². The number of fused-ring (bicyclic) bond motifs is 1. The van der Waals surface area contributed by atoms with Gasteiger partial charge in [-0.1, -0.05) is 48.0 Å². The van der Waals surface area contributed by atoms with Crippen molar-refractivity contribution in [2.24, 2.45) is 0 Å². The molecule has 0 bridgehead atoms. The molecule has 0 spiro atoms. The highest BCUT2D eigenvalue weighted by atomic mass is 32.2. The molecule has 1 aromatic heterocycles. The molecule has 4 rings (SSSR count). The van der Waals surface area contributed by atoms with Gasteiger partial charge in [0.1, 0.15) is 5.75 Å². The van der Waals surface area contributed by atoms with Crippen LogP contribution in [-0.4, -0.2) is 25.5 Å². The van der Waals surface area contributed by atoms with Crippen LogP contribution >= 0.6 is 0 Å². The van der Waals surface area contributed by atoms with Crippen LogP contribution in [0.4, 0.5) is 11.6 Å². The average Bonchev–Trinajstić information content (AvgIpc) is 2.78. The largest absolute Gasteiger partial charge is 0.496 e. The van der Waals surface area contributed by atoms with Crippen LogP contribution in [0.2, 0.25) is 0 Å². The van der Waals surface area contributed by atoms with E-state index in [1.165, 1.54) is 0 Å². The number of hydrogen-bond acceptors (Lipinski definition) is 6. The number of anilines is 2. The standard InChI is InChI=1S/C23H22N4O3S/c1-16-11-13-18(14-12-16)31(28,29)27-23-22(25-19-8-4-5-9-20(19)26-23)24-15-17-7-3-6-10-21(17)30-2/h3-14H,15H2,1-2H3,(H,24,25)(H,26,27). The number of methoxy groups -OCH3 is 1. The summed E-state index contributed by atoms with van der Waals surface area (Å²) in [4.78, 5) is 9.26. The van der Waals surface area contributed by atoms with Crippen molar-refractivity contribution >= 4 is 32.7 Å². The maximum atomic E-state index is 12.9. The molecule has 0 radical (unpaired) electrons. The summed E-state index contributed by atoms with van der Waals surface area (Å²) in [5, 5.41) is 3.20. The fourth-order valence-electron chi connectivity index (χ4n) is 3.13. The third-order valence-electron chi connectivity index (χ3n) is 4.77. The summed E-state index contributed by atoms with van der Waals surface area (Å²) in [6.07, 6.45) is 0. The highest BCUT2D eigenvalue weighted by molar-refractivity contribution is 7.92. The first-order chi connectivity index (χ1) is 15.0. The molecule has 0 atom stereocenters. The van der Waals surface area contributed by atoms with Crippen molar-refractivity contribution in [3.8, 4) is 5.75 Å². The zero-order valence-corrected chi connectivity index (χ0v) is 18.0. The summed E-state index contributed by atoms with van der Waals surface area (Å²) in [6, 6.07) is 21.5. The summed E-state index contributed by atoms with van der Waals surface area (Å²) in [5.74, 6) is 1.19. The van der Waals surface area contributed by atoms with Gasteiger partial charge in [0.25, 0.3) is 10.0 Å². The van der Waals surface area contributed by atoms with Crippen LogP contribution in [-0.2, 0) is 16.6 Å². The number of para-hydroxylation sites is 3. The van der Waals surface area contributed by atoms with E-state index in [0.29, 0.717) is 23.4 Å². The van der Waals surface area contributed by atoms with Crippen LogP contribution < -0.4 is 14.8 Å². The minimum atomic E-state index is -3.83. The average molecular weight is 435 g/mol. The number of aryl methyl sites for hydroxylation is 1. The summed E-state index contributed by atoms with van der Waals surface area (Å²) in [6.45, 7) is 2.29. The quantitative estimate of drug-likeness (QED) is 0.449. The Bertz CT molecular complexity index is 1320. The van der Waals surface area contributed by atoms with Crippen molar-refractivity contribution in [3.05, 3.63) is 83.9 Å². The molecule has 8 heteroatoms. The molecular weight excluding hydrogens is 412 g/mol. The lowest BCUT2D eigenvalue weighted by Gasteiger charge is -2.15. The van der Waals surface area contributed by atoms with Gasteiger partial charge in [0.05, 0.1) is 23.0 Å². The first-order valence-corrected chi connectivity index (χ1v) is 11.2. The first kappa shape index (κ1) is 20.6. The second kappa shape index (κ2) is 8.61. The molecule has 0 aliphatic carbocycles. The first-order valence-electron chi connectivity index (χ1n) is 9.68. The number of ether oxygens (including phenoxy) is 1. The van der Waals surface area contributed by atoms with Crippen LogP contribution in [0.15, 0.2) is 77.7 Å². The van der Waals surface area contributed by atoms with Gasteiger partial charge in [-0.25, -0.2) is 18.4 Å². The summed E-state index contributed by atoms with van der Waals surface area (Å²) < 4.78 is 33.9. The predicted octanol–water partition coefficient (Wildman–Crippen LogP) is 4.36. The Balaban J connectivity index is 1.70.